The van der Waals surface area contributed by atoms with Crippen molar-refractivity contribution >= 4 is 15.7 Å². The molecular weight excluding hydrogens is 318 g/mol. The van der Waals surface area contributed by atoms with Crippen molar-refractivity contribution in [3.8, 4) is 0 Å². The largest absolute Gasteiger partial charge is 0.265 e. The summed E-state index contributed by atoms with van der Waals surface area (Å²) in [6.45, 7) is 2.48. The minimum absolute atomic E-state index is 0.258. The van der Waals surface area contributed by atoms with Gasteiger partial charge in [-0.25, -0.2) is 8.42 Å². The van der Waals surface area contributed by atoms with Crippen LogP contribution in [0, 0.1) is 12.8 Å². The molecule has 2 unspecified atom stereocenters. The van der Waals surface area contributed by atoms with Crippen LogP contribution in [0.5, 0.6) is 0 Å². The summed E-state index contributed by atoms with van der Waals surface area (Å²) >= 11 is 0. The van der Waals surface area contributed by atoms with E-state index in [0.29, 0.717) is 17.4 Å². The Kier molecular flexibility index (Phi) is 3.72. The van der Waals surface area contributed by atoms with Gasteiger partial charge in [0.05, 0.1) is 10.6 Å². The Morgan fingerprint density at radius 1 is 1.04 bits per heavy atom. The number of rotatable bonds is 2. The molecule has 0 amide bonds. The monoisotopic (exact) mass is 339 g/mol. The first-order valence-electron chi connectivity index (χ1n) is 8.42. The van der Waals surface area contributed by atoms with Gasteiger partial charge in [-0.3, -0.25) is 4.31 Å². The number of fused-ring (bicyclic) bond motifs is 3. The lowest BCUT2D eigenvalue weighted by atomic mass is 9.76. The van der Waals surface area contributed by atoms with Gasteiger partial charge in [-0.15, -0.1) is 0 Å². The maximum atomic E-state index is 13.2. The maximum Gasteiger partial charge on any atom is 0.264 e. The third kappa shape index (κ3) is 2.46. The van der Waals surface area contributed by atoms with Crippen LogP contribution in [0.1, 0.15) is 29.9 Å². The fraction of sp³-hybridized carbons (Fsp3) is 0.300. The molecule has 0 bridgehead atoms. The van der Waals surface area contributed by atoms with Crippen LogP contribution in [0.3, 0.4) is 0 Å². The van der Waals surface area contributed by atoms with Crippen LogP contribution in [0.4, 0.5) is 5.69 Å². The third-order valence-corrected chi connectivity index (χ3v) is 6.93. The number of allylic oxidation sites excluding steroid dienone is 1. The van der Waals surface area contributed by atoms with Gasteiger partial charge in [0.2, 0.25) is 0 Å². The highest BCUT2D eigenvalue weighted by atomic mass is 32.2. The van der Waals surface area contributed by atoms with Crippen LogP contribution < -0.4 is 4.31 Å². The fourth-order valence-electron chi connectivity index (χ4n) is 3.85. The van der Waals surface area contributed by atoms with Crippen molar-refractivity contribution in [2.45, 2.75) is 30.6 Å². The van der Waals surface area contributed by atoms with E-state index in [1.165, 1.54) is 0 Å². The molecule has 1 aliphatic heterocycles. The number of sulfonamides is 1. The normalized spacial score (nSPS) is 22.8. The smallest absolute Gasteiger partial charge is 0.264 e. The Balaban J connectivity index is 1.83. The first-order valence-corrected chi connectivity index (χ1v) is 9.86. The molecule has 0 saturated heterocycles. The zero-order chi connectivity index (χ0) is 16.7. The lowest BCUT2D eigenvalue weighted by Gasteiger charge is -2.40. The van der Waals surface area contributed by atoms with Crippen molar-refractivity contribution in [3.63, 3.8) is 0 Å². The summed E-state index contributed by atoms with van der Waals surface area (Å²) in [6.07, 6.45) is 6.55. The van der Waals surface area contributed by atoms with Gasteiger partial charge in [0.25, 0.3) is 10.0 Å². The highest BCUT2D eigenvalue weighted by Crippen LogP contribution is 2.45. The minimum atomic E-state index is -3.54. The number of hydrogen-bond donors (Lipinski definition) is 0. The molecule has 2 aromatic rings. The van der Waals surface area contributed by atoms with E-state index < -0.39 is 10.0 Å². The SMILES string of the molecule is Cc1ccc(S(=O)(=O)N2CC3C=CCCC3c3ccccc32)cc1. The molecule has 0 saturated carbocycles. The Morgan fingerprint density at radius 3 is 2.58 bits per heavy atom. The average molecular weight is 339 g/mol. The third-order valence-electron chi connectivity index (χ3n) is 5.13. The molecule has 24 heavy (non-hydrogen) atoms. The van der Waals surface area contributed by atoms with Crippen LogP contribution in [0.15, 0.2) is 65.6 Å². The van der Waals surface area contributed by atoms with Gasteiger partial charge < -0.3 is 0 Å². The second-order valence-electron chi connectivity index (χ2n) is 6.68. The van der Waals surface area contributed by atoms with Crippen molar-refractivity contribution < 1.29 is 8.42 Å². The predicted octanol–water partition coefficient (Wildman–Crippen LogP) is 4.25. The molecule has 3 nitrogen and oxygen atoms in total. The Hall–Kier alpha value is -2.07. The van der Waals surface area contributed by atoms with Gasteiger partial charge in [0.1, 0.15) is 0 Å². The van der Waals surface area contributed by atoms with E-state index in [2.05, 4.69) is 18.2 Å². The average Bonchev–Trinajstić information content (AvgIpc) is 2.61. The van der Waals surface area contributed by atoms with Crippen molar-refractivity contribution in [3.05, 3.63) is 71.8 Å². The Labute approximate surface area is 143 Å². The zero-order valence-corrected chi connectivity index (χ0v) is 14.5. The molecule has 0 fully saturated rings. The highest BCUT2D eigenvalue weighted by molar-refractivity contribution is 7.92. The lowest BCUT2D eigenvalue weighted by Crippen LogP contribution is -2.41. The van der Waals surface area contributed by atoms with Gasteiger partial charge in [0.15, 0.2) is 0 Å². The summed E-state index contributed by atoms with van der Waals surface area (Å²) in [5, 5.41) is 0. The maximum absolute atomic E-state index is 13.2. The van der Waals surface area contributed by atoms with E-state index >= 15 is 0 Å². The van der Waals surface area contributed by atoms with Crippen LogP contribution in [0.2, 0.25) is 0 Å². The summed E-state index contributed by atoms with van der Waals surface area (Å²) in [5.41, 5.74) is 3.06. The summed E-state index contributed by atoms with van der Waals surface area (Å²) in [6, 6.07) is 15.1. The highest BCUT2D eigenvalue weighted by Gasteiger charge is 2.38. The van der Waals surface area contributed by atoms with E-state index in [1.807, 2.05) is 37.3 Å². The predicted molar refractivity (Wildman–Crippen MR) is 96.8 cm³/mol. The Morgan fingerprint density at radius 2 is 1.79 bits per heavy atom. The van der Waals surface area contributed by atoms with Crippen molar-refractivity contribution in [2.75, 3.05) is 10.8 Å². The second-order valence-corrected chi connectivity index (χ2v) is 8.55. The van der Waals surface area contributed by atoms with Gasteiger partial charge in [-0.1, -0.05) is 48.0 Å². The summed E-state index contributed by atoms with van der Waals surface area (Å²) in [7, 11) is -3.54. The molecule has 2 aliphatic rings. The molecule has 0 aromatic heterocycles. The molecule has 2 aromatic carbocycles. The quantitative estimate of drug-likeness (QED) is 0.767. The standard InChI is InChI=1S/C20H21NO2S/c1-15-10-12-17(13-11-15)24(22,23)21-14-16-6-2-3-7-18(16)19-8-4-5-9-20(19)21/h2,4-6,8-13,16,18H,3,7,14H2,1H3. The van der Waals surface area contributed by atoms with Crippen molar-refractivity contribution in [2.24, 2.45) is 5.92 Å². The molecule has 1 aliphatic carbocycles. The second kappa shape index (κ2) is 5.78. The number of benzene rings is 2. The number of nitrogens with zero attached hydrogens (tertiary/aromatic N) is 1. The Bertz CT molecular complexity index is 884. The topological polar surface area (TPSA) is 37.4 Å². The molecule has 0 spiro atoms. The van der Waals surface area contributed by atoms with Gasteiger partial charge in [-0.2, -0.15) is 0 Å². The van der Waals surface area contributed by atoms with Crippen molar-refractivity contribution in [1.82, 2.24) is 0 Å². The van der Waals surface area contributed by atoms with E-state index in [4.69, 9.17) is 0 Å². The molecule has 4 rings (SSSR count). The zero-order valence-electron chi connectivity index (χ0n) is 13.7. The summed E-state index contributed by atoms with van der Waals surface area (Å²) in [5.74, 6) is 0.685. The van der Waals surface area contributed by atoms with Gasteiger partial charge in [-0.05, 0) is 49.4 Å². The molecule has 0 radical (unpaired) electrons. The van der Waals surface area contributed by atoms with E-state index in [-0.39, 0.29) is 5.92 Å². The molecule has 4 heteroatoms. The van der Waals surface area contributed by atoms with Gasteiger partial charge in [0, 0.05) is 12.5 Å². The molecule has 124 valence electrons. The van der Waals surface area contributed by atoms with E-state index in [1.54, 1.807) is 16.4 Å². The van der Waals surface area contributed by atoms with Gasteiger partial charge >= 0.3 is 0 Å². The molecular formula is C20H21NO2S. The van der Waals surface area contributed by atoms with E-state index in [0.717, 1.165) is 29.7 Å². The number of anilines is 1. The lowest BCUT2D eigenvalue weighted by molar-refractivity contribution is 0.448. The van der Waals surface area contributed by atoms with Crippen LogP contribution in [0.25, 0.3) is 0 Å². The van der Waals surface area contributed by atoms with Crippen LogP contribution in [-0.4, -0.2) is 15.0 Å². The minimum Gasteiger partial charge on any atom is -0.265 e. The first kappa shape index (κ1) is 15.5. The number of hydrogen-bond acceptors (Lipinski definition) is 2. The van der Waals surface area contributed by atoms with Crippen LogP contribution in [-0.2, 0) is 10.0 Å². The first-order chi connectivity index (χ1) is 11.6. The molecule has 1 heterocycles. The summed E-state index contributed by atoms with van der Waals surface area (Å²) in [4.78, 5) is 0.362. The molecule has 2 atom stereocenters. The van der Waals surface area contributed by atoms with Crippen molar-refractivity contribution in [1.29, 1.82) is 0 Å². The number of para-hydroxylation sites is 1. The summed E-state index contributed by atoms with van der Waals surface area (Å²) < 4.78 is 28.1. The fourth-order valence-corrected chi connectivity index (χ4v) is 5.38. The molecule has 0 N–H and O–H groups in total. The van der Waals surface area contributed by atoms with Crippen LogP contribution >= 0.6 is 0 Å². The van der Waals surface area contributed by atoms with E-state index in [9.17, 15) is 8.42 Å². The number of aryl methyl sites for hydroxylation is 1.